The lowest BCUT2D eigenvalue weighted by molar-refractivity contribution is -0.274. The van der Waals surface area contributed by atoms with Crippen LogP contribution in [0.5, 0.6) is 5.75 Å². The van der Waals surface area contributed by atoms with E-state index in [1.807, 2.05) is 10.9 Å². The Bertz CT molecular complexity index is 772. The van der Waals surface area contributed by atoms with Crippen LogP contribution in [0.2, 0.25) is 0 Å². The van der Waals surface area contributed by atoms with Crippen molar-refractivity contribution in [2.24, 2.45) is 0 Å². The van der Waals surface area contributed by atoms with Crippen LogP contribution >= 0.6 is 0 Å². The molecule has 2 amide bonds. The zero-order valence-electron chi connectivity index (χ0n) is 12.8. The highest BCUT2D eigenvalue weighted by molar-refractivity contribution is 5.94. The van der Waals surface area contributed by atoms with Crippen molar-refractivity contribution in [2.45, 2.75) is 6.36 Å². The van der Waals surface area contributed by atoms with Gasteiger partial charge in [0.05, 0.1) is 11.8 Å². The topological polar surface area (TPSA) is 107 Å². The Morgan fingerprint density at radius 2 is 1.73 bits per heavy atom. The van der Waals surface area contributed by atoms with Gasteiger partial charge in [-0.1, -0.05) is 0 Å². The van der Waals surface area contributed by atoms with Gasteiger partial charge in [-0.3, -0.25) is 20.4 Å². The van der Waals surface area contributed by atoms with E-state index in [9.17, 15) is 27.6 Å². The van der Waals surface area contributed by atoms with E-state index in [1.165, 1.54) is 18.4 Å². The molecule has 8 nitrogen and oxygen atoms in total. The molecule has 0 atom stereocenters. The van der Waals surface area contributed by atoms with Gasteiger partial charge in [-0.15, -0.1) is 13.2 Å². The maximum Gasteiger partial charge on any atom is 0.573 e. The van der Waals surface area contributed by atoms with Gasteiger partial charge in [0.1, 0.15) is 5.75 Å². The van der Waals surface area contributed by atoms with Gasteiger partial charge in [0.25, 0.3) is 5.91 Å². The van der Waals surface area contributed by atoms with E-state index in [0.29, 0.717) is 0 Å². The molecule has 0 bridgehead atoms. The quantitative estimate of drug-likeness (QED) is 0.612. The standard InChI is InChI=1S/C15H11F3N2O6/c16-15(17,18)26-10-5-3-9(4-6-10)14(23)25-8-12(21)19-20-13(22)11-2-1-7-24-11/h1-7H,8H2,(H,19,21)(H,20,22). The van der Waals surface area contributed by atoms with Crippen LogP contribution in [0.15, 0.2) is 47.1 Å². The highest BCUT2D eigenvalue weighted by Crippen LogP contribution is 2.22. The maximum absolute atomic E-state index is 12.0. The van der Waals surface area contributed by atoms with Crippen LogP contribution in [-0.2, 0) is 9.53 Å². The monoisotopic (exact) mass is 372 g/mol. The molecule has 2 N–H and O–H groups in total. The van der Waals surface area contributed by atoms with Gasteiger partial charge in [-0.05, 0) is 36.4 Å². The minimum atomic E-state index is -4.85. The first-order chi connectivity index (χ1) is 12.2. The second-order valence-corrected chi connectivity index (χ2v) is 4.63. The van der Waals surface area contributed by atoms with E-state index in [-0.39, 0.29) is 11.3 Å². The summed E-state index contributed by atoms with van der Waals surface area (Å²) in [5.41, 5.74) is 3.93. The van der Waals surface area contributed by atoms with Crippen LogP contribution in [0.25, 0.3) is 0 Å². The zero-order valence-corrected chi connectivity index (χ0v) is 12.8. The predicted octanol–water partition coefficient (Wildman–Crippen LogP) is 1.80. The van der Waals surface area contributed by atoms with E-state index in [1.54, 1.807) is 0 Å². The first-order valence-corrected chi connectivity index (χ1v) is 6.90. The van der Waals surface area contributed by atoms with E-state index >= 15 is 0 Å². The van der Waals surface area contributed by atoms with Crippen molar-refractivity contribution >= 4 is 17.8 Å². The molecule has 1 aromatic heterocycles. The number of furan rings is 1. The van der Waals surface area contributed by atoms with Crippen molar-refractivity contribution in [1.29, 1.82) is 0 Å². The number of hydrazine groups is 1. The van der Waals surface area contributed by atoms with Crippen LogP contribution in [-0.4, -0.2) is 30.8 Å². The number of hydrogen-bond donors (Lipinski definition) is 2. The Labute approximate surface area is 143 Å². The Balaban J connectivity index is 1.77. The summed E-state index contributed by atoms with van der Waals surface area (Å²) in [4.78, 5) is 34.7. The summed E-state index contributed by atoms with van der Waals surface area (Å²) in [5, 5.41) is 0. The second-order valence-electron chi connectivity index (χ2n) is 4.63. The first-order valence-electron chi connectivity index (χ1n) is 6.90. The lowest BCUT2D eigenvalue weighted by atomic mass is 10.2. The Kier molecular flexibility index (Phi) is 5.83. The van der Waals surface area contributed by atoms with Gasteiger partial charge in [0, 0.05) is 0 Å². The third-order valence-corrected chi connectivity index (χ3v) is 2.72. The molecule has 0 aliphatic heterocycles. The number of ether oxygens (including phenoxy) is 2. The summed E-state index contributed by atoms with van der Waals surface area (Å²) < 4.78 is 49.2. The molecule has 2 aromatic rings. The number of carbonyl (C=O) groups is 3. The van der Waals surface area contributed by atoms with Gasteiger partial charge in [-0.25, -0.2) is 4.79 Å². The molecule has 0 saturated heterocycles. The molecule has 0 unspecified atom stereocenters. The average molecular weight is 372 g/mol. The first kappa shape index (κ1) is 18.8. The number of halogens is 3. The fourth-order valence-electron chi connectivity index (χ4n) is 1.64. The van der Waals surface area contributed by atoms with Gasteiger partial charge in [0.15, 0.2) is 12.4 Å². The molecule has 0 aliphatic rings. The fraction of sp³-hybridized carbons (Fsp3) is 0.133. The minimum Gasteiger partial charge on any atom is -0.459 e. The largest absolute Gasteiger partial charge is 0.573 e. The molecule has 0 aliphatic carbocycles. The molecule has 26 heavy (non-hydrogen) atoms. The van der Waals surface area contributed by atoms with Crippen molar-refractivity contribution in [1.82, 2.24) is 10.9 Å². The Hall–Kier alpha value is -3.50. The van der Waals surface area contributed by atoms with Crippen molar-refractivity contribution in [3.8, 4) is 5.75 Å². The highest BCUT2D eigenvalue weighted by atomic mass is 19.4. The van der Waals surface area contributed by atoms with E-state index in [0.717, 1.165) is 24.3 Å². The van der Waals surface area contributed by atoms with Gasteiger partial charge >= 0.3 is 18.2 Å². The normalized spacial score (nSPS) is 10.7. The second kappa shape index (κ2) is 8.05. The van der Waals surface area contributed by atoms with Crippen LogP contribution < -0.4 is 15.6 Å². The smallest absolute Gasteiger partial charge is 0.459 e. The average Bonchev–Trinajstić information content (AvgIpc) is 3.11. The summed E-state index contributed by atoms with van der Waals surface area (Å²) in [7, 11) is 0. The molecule has 1 aromatic carbocycles. The molecule has 0 radical (unpaired) electrons. The molecule has 0 fully saturated rings. The van der Waals surface area contributed by atoms with Crippen LogP contribution in [0.3, 0.4) is 0 Å². The summed E-state index contributed by atoms with van der Waals surface area (Å²) in [5.74, 6) is -3.04. The number of hydrogen-bond acceptors (Lipinski definition) is 6. The van der Waals surface area contributed by atoms with Gasteiger partial charge in [-0.2, -0.15) is 0 Å². The van der Waals surface area contributed by atoms with Crippen molar-refractivity contribution in [3.63, 3.8) is 0 Å². The van der Waals surface area contributed by atoms with E-state index in [4.69, 9.17) is 4.42 Å². The molecular weight excluding hydrogens is 361 g/mol. The fourth-order valence-corrected chi connectivity index (χ4v) is 1.64. The van der Waals surface area contributed by atoms with Crippen molar-refractivity contribution in [3.05, 3.63) is 54.0 Å². The summed E-state index contributed by atoms with van der Waals surface area (Å²) in [6.45, 7) is -0.724. The molecule has 11 heteroatoms. The number of amides is 2. The molecule has 1 heterocycles. The zero-order chi connectivity index (χ0) is 19.2. The predicted molar refractivity (Wildman–Crippen MR) is 77.7 cm³/mol. The molecule has 0 saturated carbocycles. The maximum atomic E-state index is 12.0. The SMILES string of the molecule is O=C(COC(=O)c1ccc(OC(F)(F)F)cc1)NNC(=O)c1ccco1. The summed E-state index contributed by atoms with van der Waals surface area (Å²) in [6.07, 6.45) is -3.58. The number of benzene rings is 1. The van der Waals surface area contributed by atoms with Crippen LogP contribution in [0.4, 0.5) is 13.2 Å². The number of alkyl halides is 3. The third-order valence-electron chi connectivity index (χ3n) is 2.72. The summed E-state index contributed by atoms with van der Waals surface area (Å²) in [6, 6.07) is 6.78. The van der Waals surface area contributed by atoms with E-state index in [2.05, 4.69) is 9.47 Å². The van der Waals surface area contributed by atoms with Crippen LogP contribution in [0.1, 0.15) is 20.9 Å². The molecule has 2 rings (SSSR count). The van der Waals surface area contributed by atoms with Crippen molar-refractivity contribution < 1.29 is 41.4 Å². The Morgan fingerprint density at radius 1 is 1.04 bits per heavy atom. The molecular formula is C15H11F3N2O6. The van der Waals surface area contributed by atoms with Gasteiger partial charge in [0.2, 0.25) is 0 Å². The summed E-state index contributed by atoms with van der Waals surface area (Å²) >= 11 is 0. The number of carbonyl (C=O) groups excluding carboxylic acids is 3. The lowest BCUT2D eigenvalue weighted by Crippen LogP contribution is -2.43. The Morgan fingerprint density at radius 3 is 2.31 bits per heavy atom. The lowest BCUT2D eigenvalue weighted by Gasteiger charge is -2.09. The highest BCUT2D eigenvalue weighted by Gasteiger charge is 2.31. The van der Waals surface area contributed by atoms with Gasteiger partial charge < -0.3 is 13.9 Å². The number of nitrogens with one attached hydrogen (secondary N) is 2. The molecule has 138 valence electrons. The third kappa shape index (κ3) is 5.85. The number of esters is 1. The van der Waals surface area contributed by atoms with Crippen LogP contribution in [0, 0.1) is 0 Å². The van der Waals surface area contributed by atoms with Crippen molar-refractivity contribution in [2.75, 3.05) is 6.61 Å². The van der Waals surface area contributed by atoms with E-state index < -0.39 is 36.5 Å². The minimum absolute atomic E-state index is 0.0385. The molecule has 0 spiro atoms. The number of rotatable bonds is 5.